The third kappa shape index (κ3) is 5.12. The van der Waals surface area contributed by atoms with E-state index >= 15 is 0 Å². The average Bonchev–Trinajstić information content (AvgIpc) is 3.44. The first-order chi connectivity index (χ1) is 18.9. The number of pyridine rings is 1. The summed E-state index contributed by atoms with van der Waals surface area (Å²) in [4.78, 5) is 12.0. The molecule has 1 atom stereocenters. The van der Waals surface area contributed by atoms with Gasteiger partial charge < -0.3 is 8.98 Å². The lowest BCUT2D eigenvalue weighted by molar-refractivity contribution is 0.215. The van der Waals surface area contributed by atoms with Crippen LogP contribution in [-0.2, 0) is 26.3 Å². The van der Waals surface area contributed by atoms with E-state index in [-0.39, 0.29) is 0 Å². The minimum absolute atomic E-state index is 0.485. The fourth-order valence-electron chi connectivity index (χ4n) is 5.51. The largest absolute Gasteiger partial charge is 0.440 e. The first-order valence-electron chi connectivity index (χ1n) is 13.7. The summed E-state index contributed by atoms with van der Waals surface area (Å²) in [5.74, 6) is 2.68. The van der Waals surface area contributed by atoms with Gasteiger partial charge in [0, 0.05) is 55.0 Å². The van der Waals surface area contributed by atoms with Gasteiger partial charge in [0.25, 0.3) is 0 Å². The van der Waals surface area contributed by atoms with Crippen molar-refractivity contribution in [2.24, 2.45) is 7.05 Å². The second kappa shape index (κ2) is 11.0. The van der Waals surface area contributed by atoms with Crippen molar-refractivity contribution >= 4 is 49.7 Å². The van der Waals surface area contributed by atoms with Gasteiger partial charge in [0.05, 0.1) is 9.99 Å². The van der Waals surface area contributed by atoms with Crippen molar-refractivity contribution in [1.29, 1.82) is 0 Å². The van der Waals surface area contributed by atoms with Crippen LogP contribution in [0.1, 0.15) is 43.0 Å². The highest BCUT2D eigenvalue weighted by atomic mass is 79.9. The van der Waals surface area contributed by atoms with E-state index in [1.807, 2.05) is 13.0 Å². The van der Waals surface area contributed by atoms with Crippen LogP contribution in [0.25, 0.3) is 33.4 Å². The third-order valence-corrected chi connectivity index (χ3v) is 9.71. The summed E-state index contributed by atoms with van der Waals surface area (Å²) in [5.41, 5.74) is 7.69. The molecule has 1 unspecified atom stereocenters. The lowest BCUT2D eigenvalue weighted by Crippen LogP contribution is -2.35. The summed E-state index contributed by atoms with van der Waals surface area (Å²) in [5, 5.41) is 11.1. The molecule has 0 bridgehead atoms. The van der Waals surface area contributed by atoms with Crippen molar-refractivity contribution in [2.75, 3.05) is 18.8 Å². The zero-order valence-electron chi connectivity index (χ0n) is 22.9. The fraction of sp³-hybridized carbons (Fsp3) is 0.400. The van der Waals surface area contributed by atoms with Crippen LogP contribution in [0.2, 0.25) is 0 Å². The Morgan fingerprint density at radius 3 is 2.77 bits per heavy atom. The van der Waals surface area contributed by atoms with Crippen molar-refractivity contribution in [1.82, 2.24) is 29.6 Å². The van der Waals surface area contributed by atoms with Crippen LogP contribution in [-0.4, -0.2) is 54.5 Å². The zero-order chi connectivity index (χ0) is 27.1. The summed E-state index contributed by atoms with van der Waals surface area (Å²) < 4.78 is 9.19. The fourth-order valence-corrected chi connectivity index (χ4v) is 7.27. The molecule has 9 heteroatoms. The molecular weight excluding hydrogens is 572 g/mol. The molecule has 5 aromatic rings. The zero-order valence-corrected chi connectivity index (χ0v) is 25.3. The molecular formula is C30H33BrN6OS. The number of nitrogens with zero attached hydrogens (tertiary/aromatic N) is 6. The Kier molecular flexibility index (Phi) is 7.48. The molecule has 6 rings (SSSR count). The van der Waals surface area contributed by atoms with Gasteiger partial charge in [-0.25, -0.2) is 4.98 Å². The second-order valence-electron chi connectivity index (χ2n) is 10.3. The molecule has 0 radical (unpaired) electrons. The van der Waals surface area contributed by atoms with Crippen LogP contribution in [0, 0.1) is 6.92 Å². The van der Waals surface area contributed by atoms with Crippen LogP contribution in [0.3, 0.4) is 0 Å². The van der Waals surface area contributed by atoms with Crippen molar-refractivity contribution < 1.29 is 4.42 Å². The van der Waals surface area contributed by atoms with Gasteiger partial charge in [0.15, 0.2) is 22.5 Å². The Morgan fingerprint density at radius 2 is 1.92 bits per heavy atom. The number of aromatic nitrogens is 5. The van der Waals surface area contributed by atoms with Gasteiger partial charge in [-0.3, -0.25) is 9.88 Å². The number of aryl methyl sites for hydroxylation is 2. The molecule has 202 valence electrons. The number of rotatable bonds is 7. The minimum Gasteiger partial charge on any atom is -0.440 e. The molecule has 39 heavy (non-hydrogen) atoms. The molecule has 3 aromatic heterocycles. The van der Waals surface area contributed by atoms with Crippen molar-refractivity contribution in [2.45, 2.75) is 57.7 Å². The van der Waals surface area contributed by atoms with Gasteiger partial charge >= 0.3 is 0 Å². The first kappa shape index (κ1) is 26.5. The number of halogens is 1. The molecule has 2 aromatic carbocycles. The van der Waals surface area contributed by atoms with Crippen LogP contribution in [0.4, 0.5) is 0 Å². The van der Waals surface area contributed by atoms with E-state index in [4.69, 9.17) is 4.42 Å². The first-order valence-corrected chi connectivity index (χ1v) is 15.4. The van der Waals surface area contributed by atoms with E-state index in [1.54, 1.807) is 11.8 Å². The Labute approximate surface area is 241 Å². The third-order valence-electron chi connectivity index (χ3n) is 7.82. The van der Waals surface area contributed by atoms with Crippen LogP contribution in [0.15, 0.2) is 50.4 Å². The Hall–Kier alpha value is -2.75. The molecule has 0 fully saturated rings. The van der Waals surface area contributed by atoms with Gasteiger partial charge in [0.1, 0.15) is 5.52 Å². The second-order valence-corrected chi connectivity index (χ2v) is 12.2. The minimum atomic E-state index is 0.485. The van der Waals surface area contributed by atoms with Gasteiger partial charge in [-0.2, -0.15) is 0 Å². The summed E-state index contributed by atoms with van der Waals surface area (Å²) in [6.45, 7) is 8.54. The SMILES string of the molecule is CCc1nc2cc3c(c(Br)c2o1)CCN(C(C)CCSc1nnc(-c2cccc4nc(C)ccc24)n1C)CC3. The summed E-state index contributed by atoms with van der Waals surface area (Å²) in [7, 11) is 2.06. The topological polar surface area (TPSA) is 72.9 Å². The average molecular weight is 606 g/mol. The van der Waals surface area contributed by atoms with Gasteiger partial charge in [0.2, 0.25) is 0 Å². The summed E-state index contributed by atoms with van der Waals surface area (Å²) >= 11 is 5.62. The highest BCUT2D eigenvalue weighted by Crippen LogP contribution is 2.34. The van der Waals surface area contributed by atoms with Gasteiger partial charge in [-0.1, -0.05) is 36.9 Å². The van der Waals surface area contributed by atoms with E-state index in [0.717, 1.165) is 99.1 Å². The lowest BCUT2D eigenvalue weighted by atomic mass is 10.0. The number of hydrogen-bond donors (Lipinski definition) is 0. The maximum absolute atomic E-state index is 6.00. The predicted molar refractivity (Wildman–Crippen MR) is 161 cm³/mol. The lowest BCUT2D eigenvalue weighted by Gasteiger charge is -2.27. The highest BCUT2D eigenvalue weighted by Gasteiger charge is 2.23. The van der Waals surface area contributed by atoms with Crippen molar-refractivity contribution in [3.63, 3.8) is 0 Å². The molecule has 0 amide bonds. The number of fused-ring (bicyclic) bond motifs is 3. The van der Waals surface area contributed by atoms with E-state index in [1.165, 1.54) is 11.1 Å². The monoisotopic (exact) mass is 604 g/mol. The molecule has 0 spiro atoms. The number of thioether (sulfide) groups is 1. The quantitative estimate of drug-likeness (QED) is 0.190. The van der Waals surface area contributed by atoms with E-state index in [2.05, 4.69) is 96.8 Å². The Morgan fingerprint density at radius 1 is 1.08 bits per heavy atom. The van der Waals surface area contributed by atoms with Crippen LogP contribution in [0.5, 0.6) is 0 Å². The molecule has 0 N–H and O–H groups in total. The predicted octanol–water partition coefficient (Wildman–Crippen LogP) is 6.78. The van der Waals surface area contributed by atoms with E-state index in [9.17, 15) is 0 Å². The standard InChI is InChI=1S/C30H33BrN6OS/c1-5-26-33-25-17-20-11-14-37(15-12-21(20)27(31)28(25)38-26)19(3)13-16-39-30-35-34-29(36(30)4)23-7-6-8-24-22(23)10-9-18(2)32-24/h6-10,17,19H,5,11-16H2,1-4H3. The molecule has 0 saturated heterocycles. The maximum Gasteiger partial charge on any atom is 0.195 e. The van der Waals surface area contributed by atoms with Gasteiger partial charge in [-0.05, 0) is 78.4 Å². The summed E-state index contributed by atoms with van der Waals surface area (Å²) in [6, 6.07) is 13.1. The summed E-state index contributed by atoms with van der Waals surface area (Å²) in [6.07, 6.45) is 3.94. The molecule has 7 nitrogen and oxygen atoms in total. The highest BCUT2D eigenvalue weighted by molar-refractivity contribution is 9.10. The smallest absolute Gasteiger partial charge is 0.195 e. The van der Waals surface area contributed by atoms with Crippen LogP contribution >= 0.6 is 27.7 Å². The van der Waals surface area contributed by atoms with Crippen molar-refractivity contribution in [3.05, 3.63) is 63.6 Å². The molecule has 0 saturated carbocycles. The van der Waals surface area contributed by atoms with Gasteiger partial charge in [-0.15, -0.1) is 10.2 Å². The van der Waals surface area contributed by atoms with Crippen molar-refractivity contribution in [3.8, 4) is 11.4 Å². The Balaban J connectivity index is 1.10. The molecule has 0 aliphatic carbocycles. The number of oxazole rings is 1. The van der Waals surface area contributed by atoms with E-state index in [0.29, 0.717) is 6.04 Å². The number of hydrogen-bond acceptors (Lipinski definition) is 7. The molecule has 4 heterocycles. The normalized spacial score (nSPS) is 15.1. The number of benzene rings is 2. The maximum atomic E-state index is 6.00. The van der Waals surface area contributed by atoms with Crippen LogP contribution < -0.4 is 0 Å². The molecule has 1 aliphatic rings. The Bertz CT molecular complexity index is 1660. The van der Waals surface area contributed by atoms with E-state index < -0.39 is 0 Å². The molecule has 1 aliphatic heterocycles.